The molecule has 0 fully saturated rings. The first kappa shape index (κ1) is 13.0. The van der Waals surface area contributed by atoms with Crippen LogP contribution in [0.4, 0.5) is 5.69 Å². The maximum Gasteiger partial charge on any atom is 0.121 e. The lowest BCUT2D eigenvalue weighted by Crippen LogP contribution is -2.06. The molecule has 18 heavy (non-hydrogen) atoms. The Morgan fingerprint density at radius 3 is 2.50 bits per heavy atom. The van der Waals surface area contributed by atoms with E-state index in [9.17, 15) is 0 Å². The minimum absolute atomic E-state index is 0.331. The summed E-state index contributed by atoms with van der Waals surface area (Å²) in [6.07, 6.45) is 0. The zero-order chi connectivity index (χ0) is 13.1. The van der Waals surface area contributed by atoms with Gasteiger partial charge >= 0.3 is 0 Å². The molecule has 3 heteroatoms. The highest BCUT2D eigenvalue weighted by Gasteiger charge is 2.10. The largest absolute Gasteiger partial charge is 0.496 e. The second-order valence-electron chi connectivity index (χ2n) is 4.52. The number of nitrogens with one attached hydrogen (secondary N) is 1. The first-order valence-corrected chi connectivity index (χ1v) is 6.95. The molecule has 0 bridgehead atoms. The van der Waals surface area contributed by atoms with Crippen LogP contribution < -0.4 is 10.1 Å². The topological polar surface area (TPSA) is 21.3 Å². The smallest absolute Gasteiger partial charge is 0.121 e. The predicted octanol–water partition coefficient (Wildman–Crippen LogP) is 4.55. The Morgan fingerprint density at radius 1 is 1.17 bits per heavy atom. The number of rotatable bonds is 4. The first-order chi connectivity index (χ1) is 8.61. The molecule has 1 aromatic heterocycles. The van der Waals surface area contributed by atoms with Gasteiger partial charge in [0, 0.05) is 10.6 Å². The average Bonchev–Trinajstić information content (AvgIpc) is 2.76. The second kappa shape index (κ2) is 5.44. The fourth-order valence-corrected chi connectivity index (χ4v) is 3.05. The van der Waals surface area contributed by atoms with E-state index in [1.165, 1.54) is 10.4 Å². The molecule has 1 aromatic carbocycles. The fourth-order valence-electron chi connectivity index (χ4n) is 2.11. The molecule has 0 aliphatic carbocycles. The van der Waals surface area contributed by atoms with Gasteiger partial charge in [-0.1, -0.05) is 0 Å². The molecule has 1 unspecified atom stereocenters. The van der Waals surface area contributed by atoms with Gasteiger partial charge in [-0.3, -0.25) is 0 Å². The van der Waals surface area contributed by atoms with Gasteiger partial charge in [-0.15, -0.1) is 11.3 Å². The summed E-state index contributed by atoms with van der Waals surface area (Å²) in [6, 6.07) is 8.69. The lowest BCUT2D eigenvalue weighted by molar-refractivity contribution is 0.412. The maximum atomic E-state index is 5.27. The quantitative estimate of drug-likeness (QED) is 0.872. The molecule has 0 saturated carbocycles. The molecule has 2 rings (SSSR count). The molecule has 0 saturated heterocycles. The van der Waals surface area contributed by atoms with Crippen LogP contribution in [0.15, 0.2) is 29.6 Å². The highest BCUT2D eigenvalue weighted by molar-refractivity contribution is 7.10. The Balaban J connectivity index is 2.15. The van der Waals surface area contributed by atoms with E-state index in [1.807, 2.05) is 6.07 Å². The Kier molecular flexibility index (Phi) is 3.92. The highest BCUT2D eigenvalue weighted by Crippen LogP contribution is 2.28. The summed E-state index contributed by atoms with van der Waals surface area (Å²) >= 11 is 1.80. The number of anilines is 1. The molecule has 0 aliphatic rings. The van der Waals surface area contributed by atoms with Crippen molar-refractivity contribution in [1.82, 2.24) is 0 Å². The summed E-state index contributed by atoms with van der Waals surface area (Å²) in [5, 5.41) is 5.67. The van der Waals surface area contributed by atoms with Gasteiger partial charge in [0.1, 0.15) is 5.75 Å². The van der Waals surface area contributed by atoms with Gasteiger partial charge in [0.05, 0.1) is 13.2 Å². The molecule has 0 amide bonds. The van der Waals surface area contributed by atoms with Crippen molar-refractivity contribution in [1.29, 1.82) is 0 Å². The van der Waals surface area contributed by atoms with Crippen LogP contribution in [0, 0.1) is 13.8 Å². The molecule has 96 valence electrons. The van der Waals surface area contributed by atoms with Crippen LogP contribution in [0.2, 0.25) is 0 Å². The van der Waals surface area contributed by atoms with Gasteiger partial charge in [0.25, 0.3) is 0 Å². The van der Waals surface area contributed by atoms with Crippen LogP contribution in [-0.2, 0) is 0 Å². The van der Waals surface area contributed by atoms with E-state index in [0.29, 0.717) is 6.04 Å². The number of methoxy groups -OCH3 is 1. The Hall–Kier alpha value is -1.48. The van der Waals surface area contributed by atoms with E-state index in [2.05, 4.69) is 49.7 Å². The normalized spacial score (nSPS) is 12.2. The SMILES string of the molecule is COc1ccc(NC(C)c2sccc2C)cc1C. The molecule has 1 heterocycles. The monoisotopic (exact) mass is 261 g/mol. The van der Waals surface area contributed by atoms with Gasteiger partial charge in [-0.05, 0) is 61.5 Å². The van der Waals surface area contributed by atoms with Gasteiger partial charge in [0.2, 0.25) is 0 Å². The zero-order valence-corrected chi connectivity index (χ0v) is 12.1. The molecule has 0 spiro atoms. The van der Waals surface area contributed by atoms with Crippen molar-refractivity contribution in [3.05, 3.63) is 45.6 Å². The Morgan fingerprint density at radius 2 is 1.94 bits per heavy atom. The number of thiophene rings is 1. The van der Waals surface area contributed by atoms with Crippen molar-refractivity contribution >= 4 is 17.0 Å². The van der Waals surface area contributed by atoms with Gasteiger partial charge in [-0.2, -0.15) is 0 Å². The summed E-state index contributed by atoms with van der Waals surface area (Å²) in [5.41, 5.74) is 3.64. The number of hydrogen-bond donors (Lipinski definition) is 1. The van der Waals surface area contributed by atoms with Crippen LogP contribution in [0.5, 0.6) is 5.75 Å². The molecular formula is C15H19NOS. The highest BCUT2D eigenvalue weighted by atomic mass is 32.1. The standard InChI is InChI=1S/C15H19NOS/c1-10-7-8-18-15(10)12(3)16-13-5-6-14(17-4)11(2)9-13/h5-9,12,16H,1-4H3. The number of aryl methyl sites for hydroxylation is 2. The van der Waals surface area contributed by atoms with Gasteiger partial charge < -0.3 is 10.1 Å². The third-order valence-electron chi connectivity index (χ3n) is 3.07. The number of hydrogen-bond acceptors (Lipinski definition) is 3. The molecule has 2 nitrogen and oxygen atoms in total. The number of benzene rings is 1. The molecule has 2 aromatic rings. The third-order valence-corrected chi connectivity index (χ3v) is 4.27. The third kappa shape index (κ3) is 2.67. The van der Waals surface area contributed by atoms with Crippen molar-refractivity contribution < 1.29 is 4.74 Å². The Labute approximate surface area is 113 Å². The first-order valence-electron chi connectivity index (χ1n) is 6.07. The predicted molar refractivity (Wildman–Crippen MR) is 78.8 cm³/mol. The van der Waals surface area contributed by atoms with E-state index < -0.39 is 0 Å². The van der Waals surface area contributed by atoms with Crippen molar-refractivity contribution in [3.8, 4) is 5.75 Å². The van der Waals surface area contributed by atoms with Gasteiger partial charge in [0.15, 0.2) is 0 Å². The Bertz CT molecular complexity index is 533. The van der Waals surface area contributed by atoms with Crippen LogP contribution in [0.3, 0.4) is 0 Å². The van der Waals surface area contributed by atoms with Crippen LogP contribution in [0.1, 0.15) is 29.0 Å². The fraction of sp³-hybridized carbons (Fsp3) is 0.333. The van der Waals surface area contributed by atoms with E-state index in [0.717, 1.165) is 17.0 Å². The van der Waals surface area contributed by atoms with E-state index in [4.69, 9.17) is 4.74 Å². The summed E-state index contributed by atoms with van der Waals surface area (Å²) in [5.74, 6) is 0.931. The van der Waals surface area contributed by atoms with Gasteiger partial charge in [-0.25, -0.2) is 0 Å². The maximum absolute atomic E-state index is 5.27. The minimum Gasteiger partial charge on any atom is -0.496 e. The zero-order valence-electron chi connectivity index (χ0n) is 11.3. The molecule has 1 atom stereocenters. The van der Waals surface area contributed by atoms with E-state index in [1.54, 1.807) is 18.4 Å². The molecule has 0 radical (unpaired) electrons. The molecule has 1 N–H and O–H groups in total. The second-order valence-corrected chi connectivity index (χ2v) is 5.47. The average molecular weight is 261 g/mol. The molecular weight excluding hydrogens is 242 g/mol. The minimum atomic E-state index is 0.331. The van der Waals surface area contributed by atoms with Crippen molar-refractivity contribution in [3.63, 3.8) is 0 Å². The molecule has 0 aliphatic heterocycles. The summed E-state index contributed by atoms with van der Waals surface area (Å²) in [4.78, 5) is 1.39. The lowest BCUT2D eigenvalue weighted by atomic mass is 10.1. The summed E-state index contributed by atoms with van der Waals surface area (Å²) < 4.78 is 5.27. The summed E-state index contributed by atoms with van der Waals surface area (Å²) in [6.45, 7) is 6.41. The van der Waals surface area contributed by atoms with E-state index >= 15 is 0 Å². The van der Waals surface area contributed by atoms with Crippen molar-refractivity contribution in [2.75, 3.05) is 12.4 Å². The lowest BCUT2D eigenvalue weighted by Gasteiger charge is -2.16. The van der Waals surface area contributed by atoms with Crippen LogP contribution in [0.25, 0.3) is 0 Å². The van der Waals surface area contributed by atoms with Crippen LogP contribution in [-0.4, -0.2) is 7.11 Å². The van der Waals surface area contributed by atoms with E-state index in [-0.39, 0.29) is 0 Å². The number of ether oxygens (including phenoxy) is 1. The van der Waals surface area contributed by atoms with Crippen molar-refractivity contribution in [2.24, 2.45) is 0 Å². The van der Waals surface area contributed by atoms with Crippen molar-refractivity contribution in [2.45, 2.75) is 26.8 Å². The summed E-state index contributed by atoms with van der Waals surface area (Å²) in [7, 11) is 1.70. The van der Waals surface area contributed by atoms with Crippen LogP contribution >= 0.6 is 11.3 Å².